The third kappa shape index (κ3) is 3.77. The monoisotopic (exact) mass is 262 g/mol. The van der Waals surface area contributed by atoms with E-state index in [-0.39, 0.29) is 16.1 Å². The molecule has 1 aliphatic rings. The van der Waals surface area contributed by atoms with Crippen LogP contribution in [0.15, 0.2) is 24.3 Å². The van der Waals surface area contributed by atoms with Gasteiger partial charge in [0.05, 0.1) is 4.92 Å². The Morgan fingerprint density at radius 3 is 2.32 bits per heavy atom. The molecule has 1 aromatic carbocycles. The van der Waals surface area contributed by atoms with Crippen molar-refractivity contribution in [3.8, 4) is 0 Å². The van der Waals surface area contributed by atoms with Crippen LogP contribution in [-0.4, -0.2) is 10.5 Å². The quantitative estimate of drug-likeness (QED) is 0.668. The molecule has 0 aliphatic heterocycles. The Morgan fingerprint density at radius 1 is 1.11 bits per heavy atom. The van der Waals surface area contributed by atoms with Crippen molar-refractivity contribution >= 4 is 5.69 Å². The lowest BCUT2D eigenvalue weighted by atomic mass is 9.80. The fourth-order valence-electron chi connectivity index (χ4n) is 3.00. The molecule has 0 aromatic heterocycles. The van der Waals surface area contributed by atoms with E-state index in [1.807, 2.05) is 12.1 Å². The summed E-state index contributed by atoms with van der Waals surface area (Å²) in [5, 5.41) is 11.1. The second-order valence-corrected chi connectivity index (χ2v) is 5.69. The third-order valence-corrected chi connectivity index (χ3v) is 4.08. The van der Waals surface area contributed by atoms with Crippen LogP contribution in [0.4, 0.5) is 5.69 Å². The Morgan fingerprint density at radius 2 is 1.68 bits per heavy atom. The molecule has 1 saturated carbocycles. The second-order valence-electron chi connectivity index (χ2n) is 5.69. The van der Waals surface area contributed by atoms with Gasteiger partial charge in [0.2, 0.25) is 0 Å². The summed E-state index contributed by atoms with van der Waals surface area (Å²) in [6, 6.07) is 6.98. The van der Waals surface area contributed by atoms with E-state index in [0.29, 0.717) is 6.42 Å². The van der Waals surface area contributed by atoms with Gasteiger partial charge in [0.15, 0.2) is 0 Å². The maximum atomic E-state index is 11.1. The number of nitrogens with zero attached hydrogens (tertiary/aromatic N) is 1. The summed E-state index contributed by atoms with van der Waals surface area (Å²) in [4.78, 5) is 10.8. The van der Waals surface area contributed by atoms with Crippen LogP contribution in [-0.2, 0) is 6.42 Å². The number of nitro groups is 1. The fourth-order valence-corrected chi connectivity index (χ4v) is 3.00. The molecule has 19 heavy (non-hydrogen) atoms. The highest BCUT2D eigenvalue weighted by molar-refractivity contribution is 5.40. The summed E-state index contributed by atoms with van der Waals surface area (Å²) in [6.07, 6.45) is 8.59. The smallest absolute Gasteiger partial charge is 0.272 e. The molecule has 2 N–H and O–H groups in total. The second kappa shape index (κ2) is 6.15. The summed E-state index contributed by atoms with van der Waals surface area (Å²) in [7, 11) is 0. The van der Waals surface area contributed by atoms with Crippen LogP contribution >= 0.6 is 0 Å². The zero-order chi connectivity index (χ0) is 13.7. The normalized spacial score (nSPS) is 19.4. The largest absolute Gasteiger partial charge is 0.325 e. The minimum Gasteiger partial charge on any atom is -0.325 e. The molecule has 0 bridgehead atoms. The van der Waals surface area contributed by atoms with E-state index in [2.05, 4.69) is 0 Å². The van der Waals surface area contributed by atoms with Crippen LogP contribution in [0.3, 0.4) is 0 Å². The molecule has 0 atom stereocenters. The van der Waals surface area contributed by atoms with Gasteiger partial charge in [0, 0.05) is 17.2 Å². The molecule has 0 heterocycles. The summed E-state index contributed by atoms with van der Waals surface area (Å²) in [5.74, 6) is 0. The zero-order valence-electron chi connectivity index (χ0n) is 11.3. The van der Waals surface area contributed by atoms with Crippen LogP contribution in [0, 0.1) is 10.1 Å². The van der Waals surface area contributed by atoms with Crippen molar-refractivity contribution in [2.75, 3.05) is 0 Å². The summed E-state index contributed by atoms with van der Waals surface area (Å²) in [5.41, 5.74) is 7.21. The predicted octanol–water partition coefficient (Wildman–Crippen LogP) is 3.58. The van der Waals surface area contributed by atoms with Gasteiger partial charge in [-0.25, -0.2) is 0 Å². The molecular formula is C15H22N2O2. The van der Waals surface area contributed by atoms with E-state index in [1.165, 1.54) is 19.3 Å². The van der Waals surface area contributed by atoms with Crippen molar-refractivity contribution < 1.29 is 4.92 Å². The van der Waals surface area contributed by atoms with Crippen LogP contribution in [0.1, 0.15) is 50.5 Å². The number of nitro benzene ring substituents is 1. The highest BCUT2D eigenvalue weighted by atomic mass is 16.6. The maximum absolute atomic E-state index is 11.1. The molecule has 0 radical (unpaired) electrons. The minimum absolute atomic E-state index is 0.203. The molecule has 1 fully saturated rings. The van der Waals surface area contributed by atoms with Crippen molar-refractivity contribution in [1.82, 2.24) is 0 Å². The number of nitrogens with two attached hydrogens (primary N) is 1. The van der Waals surface area contributed by atoms with Gasteiger partial charge in [-0.05, 0) is 19.3 Å². The van der Waals surface area contributed by atoms with E-state index < -0.39 is 0 Å². The average Bonchev–Trinajstić information content (AvgIpc) is 2.35. The molecule has 0 saturated heterocycles. The standard InChI is InChI=1S/C15H22N2O2/c16-15(10-6-2-1-3-7-11-15)12-13-8-4-5-9-14(13)17(18)19/h4-5,8-9H,1-3,6-7,10-12,16H2. The van der Waals surface area contributed by atoms with E-state index >= 15 is 0 Å². The lowest BCUT2D eigenvalue weighted by Crippen LogP contribution is -2.42. The first-order chi connectivity index (χ1) is 9.11. The highest BCUT2D eigenvalue weighted by Gasteiger charge is 2.28. The Bertz CT molecular complexity index is 438. The number of hydrogen-bond donors (Lipinski definition) is 1. The SMILES string of the molecule is NC1(Cc2ccccc2[N+](=O)[O-])CCCCCCC1. The van der Waals surface area contributed by atoms with E-state index in [0.717, 1.165) is 31.2 Å². The van der Waals surface area contributed by atoms with Crippen molar-refractivity contribution in [1.29, 1.82) is 0 Å². The van der Waals surface area contributed by atoms with Gasteiger partial charge in [-0.15, -0.1) is 0 Å². The van der Waals surface area contributed by atoms with Crippen molar-refractivity contribution in [3.63, 3.8) is 0 Å². The molecule has 1 aliphatic carbocycles. The van der Waals surface area contributed by atoms with E-state index in [9.17, 15) is 10.1 Å². The Hall–Kier alpha value is -1.42. The van der Waals surface area contributed by atoms with Crippen molar-refractivity contribution in [2.45, 2.75) is 56.9 Å². The van der Waals surface area contributed by atoms with Crippen LogP contribution < -0.4 is 5.73 Å². The van der Waals surface area contributed by atoms with Gasteiger partial charge in [0.1, 0.15) is 0 Å². The summed E-state index contributed by atoms with van der Waals surface area (Å²) in [6.45, 7) is 0. The van der Waals surface area contributed by atoms with Gasteiger partial charge in [-0.2, -0.15) is 0 Å². The molecule has 0 spiro atoms. The number of para-hydroxylation sites is 1. The molecule has 0 amide bonds. The fraction of sp³-hybridized carbons (Fsp3) is 0.600. The Balaban J connectivity index is 2.16. The number of benzene rings is 1. The Labute approximate surface area is 114 Å². The topological polar surface area (TPSA) is 69.2 Å². The molecule has 2 rings (SSSR count). The highest BCUT2D eigenvalue weighted by Crippen LogP contribution is 2.30. The first-order valence-electron chi connectivity index (χ1n) is 7.12. The molecule has 104 valence electrons. The first-order valence-corrected chi connectivity index (χ1v) is 7.12. The van der Waals surface area contributed by atoms with Gasteiger partial charge in [0.25, 0.3) is 5.69 Å². The zero-order valence-corrected chi connectivity index (χ0v) is 11.3. The van der Waals surface area contributed by atoms with Crippen LogP contribution in [0.5, 0.6) is 0 Å². The van der Waals surface area contributed by atoms with Crippen molar-refractivity contribution in [3.05, 3.63) is 39.9 Å². The van der Waals surface area contributed by atoms with Gasteiger partial charge >= 0.3 is 0 Å². The lowest BCUT2D eigenvalue weighted by Gasteiger charge is -2.31. The molecule has 1 aromatic rings. The molecule has 0 unspecified atom stereocenters. The first kappa shape index (κ1) is 14.0. The summed E-state index contributed by atoms with van der Waals surface area (Å²) < 4.78 is 0. The van der Waals surface area contributed by atoms with Crippen LogP contribution in [0.25, 0.3) is 0 Å². The van der Waals surface area contributed by atoms with Crippen molar-refractivity contribution in [2.24, 2.45) is 5.73 Å². The average molecular weight is 262 g/mol. The van der Waals surface area contributed by atoms with Gasteiger partial charge < -0.3 is 5.73 Å². The molecular weight excluding hydrogens is 240 g/mol. The number of hydrogen-bond acceptors (Lipinski definition) is 3. The third-order valence-electron chi connectivity index (χ3n) is 4.08. The molecule has 4 nitrogen and oxygen atoms in total. The Kier molecular flexibility index (Phi) is 4.53. The molecule has 4 heteroatoms. The summed E-state index contributed by atoms with van der Waals surface area (Å²) >= 11 is 0. The van der Waals surface area contributed by atoms with Gasteiger partial charge in [-0.1, -0.05) is 50.3 Å². The predicted molar refractivity (Wildman–Crippen MR) is 76.0 cm³/mol. The lowest BCUT2D eigenvalue weighted by molar-refractivity contribution is -0.385. The van der Waals surface area contributed by atoms with E-state index in [4.69, 9.17) is 5.73 Å². The van der Waals surface area contributed by atoms with Gasteiger partial charge in [-0.3, -0.25) is 10.1 Å². The number of rotatable bonds is 3. The van der Waals surface area contributed by atoms with E-state index in [1.54, 1.807) is 12.1 Å². The van der Waals surface area contributed by atoms with Crippen LogP contribution in [0.2, 0.25) is 0 Å². The maximum Gasteiger partial charge on any atom is 0.272 e. The minimum atomic E-state index is -0.304.